The third-order valence-electron chi connectivity index (χ3n) is 8.23. The van der Waals surface area contributed by atoms with E-state index in [0.29, 0.717) is 17.8 Å². The average molecular weight is 683 g/mol. The number of hydrogen-bond donors (Lipinski definition) is 1. The number of amides is 3. The first-order chi connectivity index (χ1) is 21.5. The van der Waals surface area contributed by atoms with E-state index in [1.54, 1.807) is 17.8 Å². The highest BCUT2D eigenvalue weighted by Gasteiger charge is 2.49. The van der Waals surface area contributed by atoms with Crippen LogP contribution in [-0.4, -0.2) is 62.0 Å². The van der Waals surface area contributed by atoms with Crippen LogP contribution < -0.4 is 10.2 Å². The van der Waals surface area contributed by atoms with Gasteiger partial charge in [0.05, 0.1) is 29.3 Å². The molecule has 0 spiro atoms. The monoisotopic (exact) mass is 681 g/mol. The minimum atomic E-state index is -4.65. The Balaban J connectivity index is 1.40. The van der Waals surface area contributed by atoms with Gasteiger partial charge < -0.3 is 10.2 Å². The maximum Gasteiger partial charge on any atom is 0.417 e. The van der Waals surface area contributed by atoms with Gasteiger partial charge in [0, 0.05) is 54.0 Å². The summed E-state index contributed by atoms with van der Waals surface area (Å²) < 4.78 is 42.4. The van der Waals surface area contributed by atoms with Crippen molar-refractivity contribution in [3.8, 4) is 0 Å². The zero-order chi connectivity index (χ0) is 32.0. The Labute approximate surface area is 264 Å². The summed E-state index contributed by atoms with van der Waals surface area (Å²) in [6.45, 7) is 1.82. The lowest BCUT2D eigenvalue weighted by Gasteiger charge is -2.46. The van der Waals surface area contributed by atoms with Crippen molar-refractivity contribution in [3.63, 3.8) is 0 Å². The quantitative estimate of drug-likeness (QED) is 0.311. The zero-order valence-electron chi connectivity index (χ0n) is 24.1. The standard InChI is InChI=1S/C31H27BrF3N7O3/c1-17-10-22-25(16-40(17)28(44)19-8-9-24(32)23(12-19)31(33,34)35)42-27(20(15-39-42)11-18-6-4-3-5-7-18)41(29(22)45)30-37-13-21(14-38-30)26(43)36-2/h3-9,12-15,17,22,25H,10-11,16H2,1-2H3,(H,36,43)/t17-,22?,25?/m1/s1. The molecule has 1 N–H and O–H groups in total. The van der Waals surface area contributed by atoms with Crippen LogP contribution in [0.5, 0.6) is 0 Å². The number of likely N-dealkylation sites (tertiary alicyclic amines) is 1. The summed E-state index contributed by atoms with van der Waals surface area (Å²) in [5, 5.41) is 7.18. The number of carbonyl (C=O) groups excluding carboxylic acids is 3. The molecule has 1 fully saturated rings. The minimum absolute atomic E-state index is 0.0532. The van der Waals surface area contributed by atoms with Crippen LogP contribution in [-0.2, 0) is 17.4 Å². The van der Waals surface area contributed by atoms with Gasteiger partial charge in [-0.05, 0) is 37.1 Å². The normalized spacial score (nSPS) is 19.6. The number of carbonyl (C=O) groups is 3. The summed E-state index contributed by atoms with van der Waals surface area (Å²) in [7, 11) is 1.49. The van der Waals surface area contributed by atoms with E-state index < -0.39 is 35.6 Å². The van der Waals surface area contributed by atoms with E-state index in [9.17, 15) is 27.6 Å². The van der Waals surface area contributed by atoms with Crippen LogP contribution in [0.15, 0.2) is 71.6 Å². The molecule has 4 aromatic rings. The minimum Gasteiger partial charge on any atom is -0.355 e. The van der Waals surface area contributed by atoms with Crippen LogP contribution in [0.25, 0.3) is 0 Å². The van der Waals surface area contributed by atoms with Gasteiger partial charge in [-0.3, -0.25) is 14.4 Å². The molecule has 1 saturated heterocycles. The van der Waals surface area contributed by atoms with Crippen LogP contribution in [0.2, 0.25) is 0 Å². The fourth-order valence-electron chi connectivity index (χ4n) is 5.98. The molecule has 2 aromatic heterocycles. The molecule has 2 aliphatic rings. The molecular formula is C31H27BrF3N7O3. The molecule has 2 unspecified atom stereocenters. The van der Waals surface area contributed by atoms with Crippen LogP contribution in [0, 0.1) is 5.92 Å². The first-order valence-electron chi connectivity index (χ1n) is 14.1. The van der Waals surface area contributed by atoms with Crippen molar-refractivity contribution < 1.29 is 27.6 Å². The topological polar surface area (TPSA) is 113 Å². The number of anilines is 2. The van der Waals surface area contributed by atoms with E-state index in [-0.39, 0.29) is 46.3 Å². The number of piperidine rings is 1. The van der Waals surface area contributed by atoms with Gasteiger partial charge in [-0.25, -0.2) is 19.5 Å². The summed E-state index contributed by atoms with van der Waals surface area (Å²) in [5.74, 6) is -1.36. The van der Waals surface area contributed by atoms with Crippen molar-refractivity contribution in [1.29, 1.82) is 0 Å². The maximum atomic E-state index is 14.3. The van der Waals surface area contributed by atoms with Crippen LogP contribution in [0.3, 0.4) is 0 Å². The van der Waals surface area contributed by atoms with Gasteiger partial charge >= 0.3 is 6.18 Å². The zero-order valence-corrected chi connectivity index (χ0v) is 25.7. The van der Waals surface area contributed by atoms with Gasteiger partial charge in [0.1, 0.15) is 5.82 Å². The fourth-order valence-corrected chi connectivity index (χ4v) is 6.45. The summed E-state index contributed by atoms with van der Waals surface area (Å²) in [4.78, 5) is 51.7. The van der Waals surface area contributed by atoms with E-state index in [1.807, 2.05) is 30.3 Å². The molecule has 2 aliphatic heterocycles. The Bertz CT molecular complexity index is 1780. The molecule has 3 amide bonds. The second-order valence-electron chi connectivity index (χ2n) is 11.0. The van der Waals surface area contributed by atoms with Gasteiger partial charge in [-0.2, -0.15) is 18.3 Å². The predicted molar refractivity (Wildman–Crippen MR) is 161 cm³/mol. The molecule has 0 saturated carbocycles. The van der Waals surface area contributed by atoms with Crippen molar-refractivity contribution in [2.75, 3.05) is 18.5 Å². The van der Waals surface area contributed by atoms with Gasteiger partial charge in [-0.15, -0.1) is 0 Å². The smallest absolute Gasteiger partial charge is 0.355 e. The molecule has 6 rings (SSSR count). The molecule has 232 valence electrons. The summed E-state index contributed by atoms with van der Waals surface area (Å²) in [6.07, 6.45) is 0.375. The highest BCUT2D eigenvalue weighted by Crippen LogP contribution is 2.44. The lowest BCUT2D eigenvalue weighted by atomic mass is 9.84. The number of benzene rings is 2. The van der Waals surface area contributed by atoms with Crippen molar-refractivity contribution in [2.45, 2.75) is 38.0 Å². The molecule has 0 radical (unpaired) electrons. The molecule has 0 aliphatic carbocycles. The Morgan fingerprint density at radius 1 is 1.04 bits per heavy atom. The molecule has 2 aromatic carbocycles. The summed E-state index contributed by atoms with van der Waals surface area (Å²) in [5.41, 5.74) is 0.870. The third-order valence-corrected chi connectivity index (χ3v) is 8.92. The molecule has 4 heterocycles. The van der Waals surface area contributed by atoms with Crippen molar-refractivity contribution in [2.24, 2.45) is 5.92 Å². The molecule has 0 bridgehead atoms. The number of rotatable bonds is 5. The SMILES string of the molecule is CNC(=O)c1cnc(N2C(=O)C3C[C@@H](C)N(C(=O)c4ccc(Br)c(C(F)(F)F)c4)CC3n3ncc(Cc4ccccc4)c32)nc1. The largest absolute Gasteiger partial charge is 0.417 e. The molecule has 3 atom stereocenters. The number of aromatic nitrogens is 4. The number of nitrogens with one attached hydrogen (secondary N) is 1. The van der Waals surface area contributed by atoms with E-state index in [0.717, 1.165) is 11.6 Å². The number of alkyl halides is 3. The van der Waals surface area contributed by atoms with Gasteiger partial charge in [0.2, 0.25) is 11.9 Å². The molecule has 14 heteroatoms. The lowest BCUT2D eigenvalue weighted by Crippen LogP contribution is -2.56. The first kappa shape index (κ1) is 30.4. The van der Waals surface area contributed by atoms with Crippen LogP contribution in [0.1, 0.15) is 56.8 Å². The number of halogens is 4. The highest BCUT2D eigenvalue weighted by atomic mass is 79.9. The van der Waals surface area contributed by atoms with Gasteiger partial charge in [-0.1, -0.05) is 46.3 Å². The van der Waals surface area contributed by atoms with Crippen LogP contribution in [0.4, 0.5) is 24.9 Å². The Hall–Kier alpha value is -4.59. The molecular weight excluding hydrogens is 655 g/mol. The fraction of sp³-hybridized carbons (Fsp3) is 0.290. The Morgan fingerprint density at radius 3 is 2.42 bits per heavy atom. The first-order valence-corrected chi connectivity index (χ1v) is 14.9. The summed E-state index contributed by atoms with van der Waals surface area (Å²) in [6, 6.07) is 12.0. The Morgan fingerprint density at radius 2 is 1.76 bits per heavy atom. The van der Waals surface area contributed by atoms with Crippen molar-refractivity contribution in [3.05, 3.63) is 99.4 Å². The third kappa shape index (κ3) is 5.58. The summed E-state index contributed by atoms with van der Waals surface area (Å²) >= 11 is 2.93. The molecule has 45 heavy (non-hydrogen) atoms. The van der Waals surface area contributed by atoms with Crippen LogP contribution >= 0.6 is 15.9 Å². The van der Waals surface area contributed by atoms with E-state index in [4.69, 9.17) is 0 Å². The average Bonchev–Trinajstić information content (AvgIpc) is 3.43. The Kier molecular flexibility index (Phi) is 7.93. The van der Waals surface area contributed by atoms with Gasteiger partial charge in [0.15, 0.2) is 0 Å². The maximum absolute atomic E-state index is 14.3. The lowest BCUT2D eigenvalue weighted by molar-refractivity contribution is -0.138. The van der Waals surface area contributed by atoms with Gasteiger partial charge in [0.25, 0.3) is 11.8 Å². The van der Waals surface area contributed by atoms with Crippen molar-refractivity contribution >= 4 is 45.4 Å². The van der Waals surface area contributed by atoms with E-state index >= 15 is 0 Å². The number of fused-ring (bicyclic) bond motifs is 3. The predicted octanol–water partition coefficient (Wildman–Crippen LogP) is 5.18. The molecule has 10 nitrogen and oxygen atoms in total. The highest BCUT2D eigenvalue weighted by molar-refractivity contribution is 9.10. The number of nitrogens with zero attached hydrogens (tertiary/aromatic N) is 6. The van der Waals surface area contributed by atoms with Crippen molar-refractivity contribution in [1.82, 2.24) is 30.0 Å². The second-order valence-corrected chi connectivity index (χ2v) is 11.9. The van der Waals surface area contributed by atoms with E-state index in [1.165, 1.54) is 41.4 Å². The second kappa shape index (κ2) is 11.7. The van der Waals surface area contributed by atoms with E-state index in [2.05, 4.69) is 36.3 Å². The number of hydrogen-bond acceptors (Lipinski definition) is 6.